The summed E-state index contributed by atoms with van der Waals surface area (Å²) in [6.07, 6.45) is 9.68. The van der Waals surface area contributed by atoms with Gasteiger partial charge in [0.25, 0.3) is 11.8 Å². The maximum Gasteiger partial charge on any atom is 0.255 e. The van der Waals surface area contributed by atoms with Gasteiger partial charge in [0.2, 0.25) is 23.6 Å². The average Bonchev–Trinajstić information content (AvgIpc) is 3.91. The number of nitrogens with zero attached hydrogens (tertiary/aromatic N) is 1. The van der Waals surface area contributed by atoms with Gasteiger partial charge >= 0.3 is 0 Å². The summed E-state index contributed by atoms with van der Waals surface area (Å²) in [4.78, 5) is 82.0. The molecule has 6 aliphatic rings. The highest BCUT2D eigenvalue weighted by Gasteiger charge is 2.72. The Morgan fingerprint density at radius 2 is 1.61 bits per heavy atom. The summed E-state index contributed by atoms with van der Waals surface area (Å²) in [5.41, 5.74) is 2.76. The van der Waals surface area contributed by atoms with Crippen molar-refractivity contribution < 1.29 is 33.2 Å². The van der Waals surface area contributed by atoms with E-state index in [4.69, 9.17) is 23.2 Å². The highest BCUT2D eigenvalue weighted by atomic mass is 35.5. The van der Waals surface area contributed by atoms with E-state index in [1.807, 2.05) is 18.2 Å². The zero-order valence-corrected chi connectivity index (χ0v) is 37.8. The third kappa shape index (κ3) is 7.56. The molecule has 4 aromatic carbocycles. The van der Waals surface area contributed by atoms with Gasteiger partial charge in [-0.3, -0.25) is 39.4 Å². The van der Waals surface area contributed by atoms with Crippen LogP contribution in [0.2, 0.25) is 10.0 Å². The third-order valence-electron chi connectivity index (χ3n) is 15.4. The number of amides is 6. The zero-order valence-electron chi connectivity index (χ0n) is 36.3. The van der Waals surface area contributed by atoms with E-state index in [-0.39, 0.29) is 46.7 Å². The molecule has 66 heavy (non-hydrogen) atoms. The highest BCUT2D eigenvalue weighted by molar-refractivity contribution is 6.31. The number of nitrogens with one attached hydrogen (secondary N) is 5. The summed E-state index contributed by atoms with van der Waals surface area (Å²) < 4.78 is 16.3. The molecule has 2 spiro atoms. The largest absolute Gasteiger partial charge is 0.349 e. The van der Waals surface area contributed by atoms with Crippen molar-refractivity contribution in [2.24, 2.45) is 5.92 Å². The van der Waals surface area contributed by atoms with Gasteiger partial charge in [-0.05, 0) is 134 Å². The zero-order chi connectivity index (χ0) is 45.9. The summed E-state index contributed by atoms with van der Waals surface area (Å²) in [5.74, 6) is -3.04. The van der Waals surface area contributed by atoms with Gasteiger partial charge in [0.15, 0.2) is 0 Å². The molecule has 342 valence electrons. The van der Waals surface area contributed by atoms with Crippen molar-refractivity contribution in [3.8, 4) is 0 Å². The molecule has 0 radical (unpaired) electrons. The Hall–Kier alpha value is -5.63. The van der Waals surface area contributed by atoms with Gasteiger partial charge in [0, 0.05) is 58.0 Å². The maximum absolute atomic E-state index is 16.3. The maximum atomic E-state index is 16.3. The summed E-state index contributed by atoms with van der Waals surface area (Å²) in [7, 11) is 0. The molecular formula is C51H51Cl2FN6O6. The molecule has 4 heterocycles. The van der Waals surface area contributed by atoms with Gasteiger partial charge in [-0.15, -0.1) is 0 Å². The van der Waals surface area contributed by atoms with Crippen molar-refractivity contribution in [1.82, 2.24) is 20.9 Å². The monoisotopic (exact) mass is 932 g/mol. The first-order valence-electron chi connectivity index (χ1n) is 23.2. The summed E-state index contributed by atoms with van der Waals surface area (Å²) in [5, 5.41) is 15.6. The topological polar surface area (TPSA) is 166 Å². The van der Waals surface area contributed by atoms with Crippen LogP contribution in [-0.2, 0) is 37.6 Å². The van der Waals surface area contributed by atoms with E-state index in [1.54, 1.807) is 53.4 Å². The molecule has 15 heteroatoms. The molecule has 10 rings (SSSR count). The van der Waals surface area contributed by atoms with Gasteiger partial charge in [-0.1, -0.05) is 72.8 Å². The number of carbonyl (C=O) groups is 6. The number of anilines is 2. The second-order valence-electron chi connectivity index (χ2n) is 19.0. The molecule has 1 unspecified atom stereocenters. The van der Waals surface area contributed by atoms with Crippen LogP contribution < -0.4 is 26.6 Å². The highest BCUT2D eigenvalue weighted by Crippen LogP contribution is 2.63. The molecule has 5 N–H and O–H groups in total. The number of aryl methyl sites for hydroxylation is 1. The predicted molar refractivity (Wildman–Crippen MR) is 248 cm³/mol. The van der Waals surface area contributed by atoms with Crippen LogP contribution in [0.4, 0.5) is 15.8 Å². The van der Waals surface area contributed by atoms with Crippen LogP contribution in [0.5, 0.6) is 0 Å². The van der Waals surface area contributed by atoms with Gasteiger partial charge < -0.3 is 20.9 Å². The van der Waals surface area contributed by atoms with Crippen molar-refractivity contribution in [3.63, 3.8) is 0 Å². The predicted octanol–water partition coefficient (Wildman–Crippen LogP) is 8.10. The van der Waals surface area contributed by atoms with Crippen molar-refractivity contribution in [1.29, 1.82) is 0 Å². The lowest BCUT2D eigenvalue weighted by atomic mass is 9.55. The first kappa shape index (κ1) is 44.2. The number of carbonyl (C=O) groups excluding carboxylic acids is 6. The van der Waals surface area contributed by atoms with E-state index in [9.17, 15) is 28.8 Å². The molecule has 4 aliphatic heterocycles. The SMILES string of the molecule is O=C1CCC(N2Cc3c(CCC4CCC(NC(=O)c5ccc(NC(=O)[C@@H]6NC7(CCCCC7)[C@@]7(C(=O)Nc8cc(Cl)ccc87)[C@H]6c6cccc(Cl)c6F)cc5)CC4)cccc3C2=O)C(=O)N1. The summed E-state index contributed by atoms with van der Waals surface area (Å²) in [6.45, 7) is 0.360. The lowest BCUT2D eigenvalue weighted by Gasteiger charge is -2.47. The molecule has 2 aliphatic carbocycles. The number of fused-ring (bicyclic) bond motifs is 4. The Morgan fingerprint density at radius 3 is 2.36 bits per heavy atom. The number of benzene rings is 4. The third-order valence-corrected chi connectivity index (χ3v) is 15.9. The minimum Gasteiger partial charge on any atom is -0.349 e. The fraction of sp³-hybridized carbons (Fsp3) is 0.412. The number of hydrogen-bond donors (Lipinski definition) is 5. The first-order valence-corrected chi connectivity index (χ1v) is 23.9. The fourth-order valence-electron chi connectivity index (χ4n) is 12.3. The van der Waals surface area contributed by atoms with Crippen molar-refractivity contribution in [3.05, 3.63) is 128 Å². The van der Waals surface area contributed by atoms with E-state index >= 15 is 4.39 Å². The van der Waals surface area contributed by atoms with Gasteiger partial charge in [-0.2, -0.15) is 0 Å². The second kappa shape index (κ2) is 17.5. The Bertz CT molecular complexity index is 2660. The van der Waals surface area contributed by atoms with Crippen LogP contribution in [0.3, 0.4) is 0 Å². The molecule has 0 bridgehead atoms. The standard InChI is InChI=1S/C51H51Cl2FN6O6/c52-31-16-21-37-39(26-31)57-49(66)51(37)42(35-8-5-9-38(53)43(35)54)44(59-50(51)24-2-1-3-25-50)47(64)56-33-19-14-30(15-20-33)45(62)55-32-17-11-28(12-18-32)10-13-29-6-4-7-34-36(29)27-60(48(34)65)40-22-23-41(61)58-46(40)63/h4-9,14-16,19-21,26,28,32,40,42,44,59H,1-3,10-13,17-18,22-25,27H2,(H,55,62)(H,56,64)(H,57,66)(H,58,61,63)/t28?,32?,40?,42-,44+,51+/m0/s1. The second-order valence-corrected chi connectivity index (χ2v) is 19.8. The minimum absolute atomic E-state index is 0.0134. The summed E-state index contributed by atoms with van der Waals surface area (Å²) in [6, 6.07) is 20.8. The Labute approximate surface area is 392 Å². The molecular weight excluding hydrogens is 883 g/mol. The Balaban J connectivity index is 0.784. The lowest BCUT2D eigenvalue weighted by molar-refractivity contribution is -0.137. The molecule has 12 nitrogen and oxygen atoms in total. The van der Waals surface area contributed by atoms with Gasteiger partial charge in [-0.25, -0.2) is 4.39 Å². The molecule has 2 saturated carbocycles. The van der Waals surface area contributed by atoms with Crippen LogP contribution in [0.25, 0.3) is 0 Å². The van der Waals surface area contributed by atoms with Crippen LogP contribution >= 0.6 is 23.2 Å². The minimum atomic E-state index is -1.35. The number of imide groups is 1. The number of hydrogen-bond acceptors (Lipinski definition) is 7. The van der Waals surface area contributed by atoms with Gasteiger partial charge in [0.1, 0.15) is 17.3 Å². The van der Waals surface area contributed by atoms with E-state index in [2.05, 4.69) is 32.7 Å². The van der Waals surface area contributed by atoms with E-state index in [0.717, 1.165) is 68.9 Å². The normalized spacial score (nSPS) is 26.5. The van der Waals surface area contributed by atoms with Gasteiger partial charge in [0.05, 0.1) is 11.1 Å². The lowest BCUT2D eigenvalue weighted by Crippen LogP contribution is -2.60. The van der Waals surface area contributed by atoms with Crippen LogP contribution in [0.1, 0.15) is 126 Å². The number of halogens is 3. The van der Waals surface area contributed by atoms with Crippen LogP contribution in [0.15, 0.2) is 78.9 Å². The average molecular weight is 934 g/mol. The van der Waals surface area contributed by atoms with Crippen molar-refractivity contribution in [2.75, 3.05) is 10.6 Å². The van der Waals surface area contributed by atoms with E-state index in [1.165, 1.54) is 6.07 Å². The molecule has 4 atom stereocenters. The number of rotatable bonds is 9. The molecule has 4 aromatic rings. The van der Waals surface area contributed by atoms with Crippen molar-refractivity contribution in [2.45, 2.75) is 125 Å². The van der Waals surface area contributed by atoms with E-state index < -0.39 is 46.6 Å². The molecule has 0 aromatic heterocycles. The number of piperidine rings is 1. The molecule has 6 amide bonds. The Morgan fingerprint density at radius 1 is 0.848 bits per heavy atom. The first-order chi connectivity index (χ1) is 31.9. The molecule has 2 saturated heterocycles. The molecule has 4 fully saturated rings. The summed E-state index contributed by atoms with van der Waals surface area (Å²) >= 11 is 12.8. The fourth-order valence-corrected chi connectivity index (χ4v) is 12.6. The van der Waals surface area contributed by atoms with Crippen LogP contribution in [0, 0.1) is 11.7 Å². The quantitative estimate of drug-likeness (QED) is 0.106. The van der Waals surface area contributed by atoms with E-state index in [0.29, 0.717) is 64.8 Å². The van der Waals surface area contributed by atoms with Crippen molar-refractivity contribution >= 4 is 70.0 Å². The Kier molecular flexibility index (Phi) is 11.8. The smallest absolute Gasteiger partial charge is 0.255 e. The van der Waals surface area contributed by atoms with Crippen LogP contribution in [-0.4, -0.2) is 64.0 Å².